The molecule has 0 bridgehead atoms. The van der Waals surface area contributed by atoms with E-state index in [9.17, 15) is 4.79 Å². The number of carboxylic acids is 1. The Bertz CT molecular complexity index is 374. The lowest BCUT2D eigenvalue weighted by Crippen LogP contribution is -2.39. The Balaban J connectivity index is 1.90. The molecule has 1 saturated heterocycles. The first-order chi connectivity index (χ1) is 8.75. The molecule has 1 aliphatic heterocycles. The van der Waals surface area contributed by atoms with Crippen molar-refractivity contribution in [2.24, 2.45) is 0 Å². The van der Waals surface area contributed by atoms with Crippen molar-refractivity contribution >= 4 is 5.97 Å². The summed E-state index contributed by atoms with van der Waals surface area (Å²) in [5, 5.41) is 8.96. The Morgan fingerprint density at radius 1 is 1.28 bits per heavy atom. The second kappa shape index (κ2) is 6.40. The van der Waals surface area contributed by atoms with Gasteiger partial charge in [-0.05, 0) is 38.1 Å². The number of carboxylic acid groups (broad SMARTS) is 1. The fourth-order valence-corrected chi connectivity index (χ4v) is 2.31. The smallest absolute Gasteiger partial charge is 0.305 e. The van der Waals surface area contributed by atoms with Gasteiger partial charge in [0.1, 0.15) is 12.4 Å². The zero-order valence-corrected chi connectivity index (χ0v) is 10.4. The number of likely N-dealkylation sites (tertiary alicyclic amines) is 1. The normalized spacial score (nSPS) is 17.6. The van der Waals surface area contributed by atoms with Crippen LogP contribution in [-0.4, -0.2) is 41.7 Å². The number of aliphatic carboxylic acids is 1. The molecule has 1 aliphatic rings. The van der Waals surface area contributed by atoms with Gasteiger partial charge in [-0.3, -0.25) is 9.69 Å². The second-order valence-electron chi connectivity index (χ2n) is 4.62. The molecule has 2 rings (SSSR count). The molecule has 18 heavy (non-hydrogen) atoms. The fourth-order valence-electron chi connectivity index (χ4n) is 2.31. The SMILES string of the molecule is O=C(O)CC(COc1ccccc1)N1CCCC1. The molecule has 1 aromatic rings. The number of nitrogens with zero attached hydrogens (tertiary/aromatic N) is 1. The van der Waals surface area contributed by atoms with Crippen LogP contribution in [0.3, 0.4) is 0 Å². The van der Waals surface area contributed by atoms with Crippen molar-refractivity contribution < 1.29 is 14.6 Å². The first-order valence-corrected chi connectivity index (χ1v) is 6.39. The number of ether oxygens (including phenoxy) is 1. The molecule has 0 aliphatic carbocycles. The number of rotatable bonds is 6. The molecule has 1 aromatic carbocycles. The monoisotopic (exact) mass is 249 g/mol. The lowest BCUT2D eigenvalue weighted by atomic mass is 10.2. The van der Waals surface area contributed by atoms with Gasteiger partial charge in [-0.25, -0.2) is 0 Å². The molecule has 0 spiro atoms. The van der Waals surface area contributed by atoms with Gasteiger partial charge in [0.15, 0.2) is 0 Å². The molecule has 1 atom stereocenters. The van der Waals surface area contributed by atoms with E-state index in [1.807, 2.05) is 30.3 Å². The van der Waals surface area contributed by atoms with Crippen LogP contribution in [0.2, 0.25) is 0 Å². The third kappa shape index (κ3) is 3.74. The summed E-state index contributed by atoms with van der Waals surface area (Å²) >= 11 is 0. The van der Waals surface area contributed by atoms with E-state index in [2.05, 4.69) is 4.90 Å². The maximum atomic E-state index is 10.9. The van der Waals surface area contributed by atoms with E-state index in [0.29, 0.717) is 6.61 Å². The number of hydrogen-bond acceptors (Lipinski definition) is 3. The van der Waals surface area contributed by atoms with E-state index in [0.717, 1.165) is 31.7 Å². The molecule has 1 N–H and O–H groups in total. The molecule has 1 unspecified atom stereocenters. The summed E-state index contributed by atoms with van der Waals surface area (Å²) in [7, 11) is 0. The maximum absolute atomic E-state index is 10.9. The van der Waals surface area contributed by atoms with E-state index in [-0.39, 0.29) is 12.5 Å². The first-order valence-electron chi connectivity index (χ1n) is 6.39. The zero-order chi connectivity index (χ0) is 12.8. The second-order valence-corrected chi connectivity index (χ2v) is 4.62. The summed E-state index contributed by atoms with van der Waals surface area (Å²) < 4.78 is 5.68. The van der Waals surface area contributed by atoms with Gasteiger partial charge >= 0.3 is 5.97 Å². The van der Waals surface area contributed by atoms with Crippen LogP contribution in [0.1, 0.15) is 19.3 Å². The van der Waals surface area contributed by atoms with Crippen LogP contribution in [0.15, 0.2) is 30.3 Å². The van der Waals surface area contributed by atoms with Gasteiger partial charge < -0.3 is 9.84 Å². The molecule has 0 radical (unpaired) electrons. The molecule has 0 saturated carbocycles. The Hall–Kier alpha value is -1.55. The highest BCUT2D eigenvalue weighted by Gasteiger charge is 2.24. The average Bonchev–Trinajstić information content (AvgIpc) is 2.89. The minimum absolute atomic E-state index is 0.0230. The molecule has 0 amide bonds. The highest BCUT2D eigenvalue weighted by molar-refractivity contribution is 5.67. The quantitative estimate of drug-likeness (QED) is 0.837. The van der Waals surface area contributed by atoms with Gasteiger partial charge in [0.05, 0.1) is 12.5 Å². The van der Waals surface area contributed by atoms with E-state index < -0.39 is 5.97 Å². The topological polar surface area (TPSA) is 49.8 Å². The van der Waals surface area contributed by atoms with Crippen LogP contribution in [0.5, 0.6) is 5.75 Å². The van der Waals surface area contributed by atoms with Crippen molar-refractivity contribution in [3.05, 3.63) is 30.3 Å². The van der Waals surface area contributed by atoms with Crippen LogP contribution >= 0.6 is 0 Å². The molecule has 1 fully saturated rings. The van der Waals surface area contributed by atoms with Gasteiger partial charge in [0, 0.05) is 0 Å². The highest BCUT2D eigenvalue weighted by atomic mass is 16.5. The summed E-state index contributed by atoms with van der Waals surface area (Å²) in [6.45, 7) is 2.41. The standard InChI is InChI=1S/C14H19NO3/c16-14(17)10-12(15-8-4-5-9-15)11-18-13-6-2-1-3-7-13/h1-3,6-7,12H,4-5,8-11H2,(H,16,17). The average molecular weight is 249 g/mol. The van der Waals surface area contributed by atoms with Crippen molar-refractivity contribution in [1.29, 1.82) is 0 Å². The molecule has 4 nitrogen and oxygen atoms in total. The van der Waals surface area contributed by atoms with Crippen LogP contribution in [0, 0.1) is 0 Å². The van der Waals surface area contributed by atoms with Gasteiger partial charge in [-0.15, -0.1) is 0 Å². The Morgan fingerprint density at radius 3 is 2.56 bits per heavy atom. The third-order valence-electron chi connectivity index (χ3n) is 3.25. The number of hydrogen-bond donors (Lipinski definition) is 1. The Labute approximate surface area is 107 Å². The number of benzene rings is 1. The van der Waals surface area contributed by atoms with E-state index >= 15 is 0 Å². The lowest BCUT2D eigenvalue weighted by Gasteiger charge is -2.26. The van der Waals surface area contributed by atoms with Crippen molar-refractivity contribution in [2.75, 3.05) is 19.7 Å². The summed E-state index contributed by atoms with van der Waals surface area (Å²) in [6, 6.07) is 9.52. The maximum Gasteiger partial charge on any atom is 0.305 e. The van der Waals surface area contributed by atoms with E-state index in [1.165, 1.54) is 0 Å². The van der Waals surface area contributed by atoms with Gasteiger partial charge in [0.2, 0.25) is 0 Å². The fraction of sp³-hybridized carbons (Fsp3) is 0.500. The van der Waals surface area contributed by atoms with Gasteiger partial charge in [-0.1, -0.05) is 18.2 Å². The van der Waals surface area contributed by atoms with Gasteiger partial charge in [0.25, 0.3) is 0 Å². The first kappa shape index (κ1) is 12.9. The summed E-state index contributed by atoms with van der Waals surface area (Å²) in [4.78, 5) is 13.1. The van der Waals surface area contributed by atoms with Crippen LogP contribution in [0.25, 0.3) is 0 Å². The Kier molecular flexibility index (Phi) is 4.59. The van der Waals surface area contributed by atoms with Gasteiger partial charge in [-0.2, -0.15) is 0 Å². The molecule has 1 heterocycles. The predicted octanol–water partition coefficient (Wildman–Crippen LogP) is 2.00. The summed E-state index contributed by atoms with van der Waals surface area (Å²) in [5.41, 5.74) is 0. The zero-order valence-electron chi connectivity index (χ0n) is 10.4. The molecule has 0 aromatic heterocycles. The molecular formula is C14H19NO3. The van der Waals surface area contributed by atoms with Crippen molar-refractivity contribution in [1.82, 2.24) is 4.90 Å². The molecule has 98 valence electrons. The largest absolute Gasteiger partial charge is 0.492 e. The van der Waals surface area contributed by atoms with Crippen LogP contribution < -0.4 is 4.74 Å². The number of carbonyl (C=O) groups is 1. The third-order valence-corrected chi connectivity index (χ3v) is 3.25. The highest BCUT2D eigenvalue weighted by Crippen LogP contribution is 2.16. The van der Waals surface area contributed by atoms with Crippen molar-refractivity contribution in [3.63, 3.8) is 0 Å². The van der Waals surface area contributed by atoms with E-state index in [4.69, 9.17) is 9.84 Å². The minimum Gasteiger partial charge on any atom is -0.492 e. The predicted molar refractivity (Wildman–Crippen MR) is 68.8 cm³/mol. The number of para-hydroxylation sites is 1. The van der Waals surface area contributed by atoms with Crippen molar-refractivity contribution in [3.8, 4) is 5.75 Å². The van der Waals surface area contributed by atoms with Crippen molar-refractivity contribution in [2.45, 2.75) is 25.3 Å². The van der Waals surface area contributed by atoms with E-state index in [1.54, 1.807) is 0 Å². The van der Waals surface area contributed by atoms with Crippen LogP contribution in [-0.2, 0) is 4.79 Å². The Morgan fingerprint density at radius 2 is 1.94 bits per heavy atom. The summed E-state index contributed by atoms with van der Waals surface area (Å²) in [5.74, 6) is 0.0376. The summed E-state index contributed by atoms with van der Waals surface area (Å²) in [6.07, 6.45) is 2.45. The minimum atomic E-state index is -0.761. The molecule has 4 heteroatoms. The molecular weight excluding hydrogens is 230 g/mol. The van der Waals surface area contributed by atoms with Crippen LogP contribution in [0.4, 0.5) is 0 Å². The lowest BCUT2D eigenvalue weighted by molar-refractivity contribution is -0.138.